The van der Waals surface area contributed by atoms with Crippen LogP contribution in [0.3, 0.4) is 0 Å². The predicted octanol–water partition coefficient (Wildman–Crippen LogP) is 3.67. The van der Waals surface area contributed by atoms with Crippen LogP contribution < -0.4 is 4.74 Å². The largest absolute Gasteiger partial charge is 0.496 e. The number of rotatable bonds is 3. The van der Waals surface area contributed by atoms with Crippen molar-refractivity contribution >= 4 is 0 Å². The second-order valence-corrected chi connectivity index (χ2v) is 4.74. The van der Waals surface area contributed by atoms with Crippen LogP contribution in [-0.4, -0.2) is 12.2 Å². The molecule has 0 amide bonds. The molecule has 20 heavy (non-hydrogen) atoms. The fourth-order valence-corrected chi connectivity index (χ4v) is 2.35. The van der Waals surface area contributed by atoms with Gasteiger partial charge in [0.15, 0.2) is 11.6 Å². The number of ether oxygens (including phenoxy) is 1. The summed E-state index contributed by atoms with van der Waals surface area (Å²) in [4.78, 5) is 0. The van der Waals surface area contributed by atoms with Gasteiger partial charge < -0.3 is 9.84 Å². The van der Waals surface area contributed by atoms with Crippen LogP contribution in [0.4, 0.5) is 8.78 Å². The molecule has 0 bridgehead atoms. The lowest BCUT2D eigenvalue weighted by molar-refractivity contribution is 0.207. The van der Waals surface area contributed by atoms with E-state index in [9.17, 15) is 13.9 Å². The molecular formula is C16H16F2O2. The number of halogens is 2. The van der Waals surface area contributed by atoms with Gasteiger partial charge in [-0.2, -0.15) is 0 Å². The van der Waals surface area contributed by atoms with Crippen LogP contribution in [-0.2, 0) is 0 Å². The van der Waals surface area contributed by atoms with Gasteiger partial charge in [0.05, 0.1) is 7.11 Å². The molecule has 0 radical (unpaired) electrons. The van der Waals surface area contributed by atoms with Crippen LogP contribution in [0.25, 0.3) is 0 Å². The molecule has 0 saturated carbocycles. The maximum atomic E-state index is 13.8. The van der Waals surface area contributed by atoms with Crippen molar-refractivity contribution in [3.05, 3.63) is 64.2 Å². The third-order valence-electron chi connectivity index (χ3n) is 3.26. The Bertz CT molecular complexity index is 639. The molecule has 0 aliphatic carbocycles. The van der Waals surface area contributed by atoms with E-state index in [0.29, 0.717) is 11.3 Å². The second-order valence-electron chi connectivity index (χ2n) is 4.74. The summed E-state index contributed by atoms with van der Waals surface area (Å²) in [5.41, 5.74) is 2.07. The highest BCUT2D eigenvalue weighted by Crippen LogP contribution is 2.35. The standard InChI is InChI=1S/C16H16F2O2/c1-9-7-10(2)14(13(8-9)20-3)16(19)11-5-4-6-12(17)15(11)18/h4-8,16,19H,1-3H3. The van der Waals surface area contributed by atoms with Crippen LogP contribution in [0.15, 0.2) is 30.3 Å². The van der Waals surface area contributed by atoms with Gasteiger partial charge in [-0.15, -0.1) is 0 Å². The Morgan fingerprint density at radius 1 is 1.15 bits per heavy atom. The molecule has 2 nitrogen and oxygen atoms in total. The Morgan fingerprint density at radius 3 is 2.50 bits per heavy atom. The average Bonchev–Trinajstić information content (AvgIpc) is 2.40. The van der Waals surface area contributed by atoms with E-state index in [4.69, 9.17) is 4.74 Å². The van der Waals surface area contributed by atoms with Crippen molar-refractivity contribution in [2.75, 3.05) is 7.11 Å². The summed E-state index contributed by atoms with van der Waals surface area (Å²) in [6, 6.07) is 7.36. The van der Waals surface area contributed by atoms with Crippen LogP contribution in [0.1, 0.15) is 28.4 Å². The van der Waals surface area contributed by atoms with Crippen molar-refractivity contribution in [2.45, 2.75) is 20.0 Å². The zero-order valence-electron chi connectivity index (χ0n) is 11.6. The van der Waals surface area contributed by atoms with E-state index in [-0.39, 0.29) is 5.56 Å². The first-order valence-corrected chi connectivity index (χ1v) is 6.22. The normalized spacial score (nSPS) is 12.3. The fourth-order valence-electron chi connectivity index (χ4n) is 2.35. The summed E-state index contributed by atoms with van der Waals surface area (Å²) in [6.45, 7) is 3.69. The summed E-state index contributed by atoms with van der Waals surface area (Å²) in [6.07, 6.45) is -1.28. The minimum Gasteiger partial charge on any atom is -0.496 e. The van der Waals surface area contributed by atoms with Gasteiger partial charge in [-0.1, -0.05) is 18.2 Å². The molecule has 1 atom stereocenters. The van der Waals surface area contributed by atoms with Gasteiger partial charge in [0, 0.05) is 11.1 Å². The molecule has 0 aliphatic rings. The molecule has 0 saturated heterocycles. The van der Waals surface area contributed by atoms with Crippen molar-refractivity contribution in [1.29, 1.82) is 0 Å². The molecule has 1 unspecified atom stereocenters. The van der Waals surface area contributed by atoms with E-state index in [1.54, 1.807) is 13.0 Å². The van der Waals surface area contributed by atoms with E-state index in [1.165, 1.54) is 19.2 Å². The highest BCUT2D eigenvalue weighted by atomic mass is 19.2. The SMILES string of the molecule is COc1cc(C)cc(C)c1C(O)c1cccc(F)c1F. The molecule has 0 aromatic heterocycles. The predicted molar refractivity (Wildman–Crippen MR) is 72.9 cm³/mol. The van der Waals surface area contributed by atoms with E-state index in [2.05, 4.69) is 0 Å². The summed E-state index contributed by atoms with van der Waals surface area (Å²) in [5, 5.41) is 10.4. The van der Waals surface area contributed by atoms with Gasteiger partial charge >= 0.3 is 0 Å². The van der Waals surface area contributed by atoms with Crippen LogP contribution in [0.5, 0.6) is 5.75 Å². The highest BCUT2D eigenvalue weighted by molar-refractivity contribution is 5.47. The fraction of sp³-hybridized carbons (Fsp3) is 0.250. The number of hydrogen-bond acceptors (Lipinski definition) is 2. The number of hydrogen-bond donors (Lipinski definition) is 1. The molecule has 1 N–H and O–H groups in total. The Morgan fingerprint density at radius 2 is 1.85 bits per heavy atom. The van der Waals surface area contributed by atoms with E-state index >= 15 is 0 Å². The number of methoxy groups -OCH3 is 1. The van der Waals surface area contributed by atoms with Gasteiger partial charge in [0.2, 0.25) is 0 Å². The summed E-state index contributed by atoms with van der Waals surface area (Å²) in [7, 11) is 1.48. The van der Waals surface area contributed by atoms with E-state index in [1.807, 2.05) is 13.0 Å². The Balaban J connectivity index is 2.59. The maximum Gasteiger partial charge on any atom is 0.164 e. The molecule has 0 fully saturated rings. The summed E-state index contributed by atoms with van der Waals surface area (Å²) < 4.78 is 32.3. The molecule has 106 valence electrons. The summed E-state index contributed by atoms with van der Waals surface area (Å²) in [5.74, 6) is -1.56. The number of aliphatic hydroxyl groups is 1. The zero-order chi connectivity index (χ0) is 14.9. The Labute approximate surface area is 116 Å². The second kappa shape index (κ2) is 5.59. The minimum absolute atomic E-state index is 0.102. The molecule has 4 heteroatoms. The molecule has 0 aliphatic heterocycles. The molecular weight excluding hydrogens is 262 g/mol. The highest BCUT2D eigenvalue weighted by Gasteiger charge is 2.22. The number of aliphatic hydroxyl groups excluding tert-OH is 1. The first-order chi connectivity index (χ1) is 9.45. The maximum absolute atomic E-state index is 13.8. The monoisotopic (exact) mass is 278 g/mol. The van der Waals surface area contributed by atoms with Crippen molar-refractivity contribution in [1.82, 2.24) is 0 Å². The topological polar surface area (TPSA) is 29.5 Å². The Kier molecular flexibility index (Phi) is 4.04. The van der Waals surface area contributed by atoms with Gasteiger partial charge in [-0.3, -0.25) is 0 Å². The molecule has 2 aromatic carbocycles. The lowest BCUT2D eigenvalue weighted by atomic mass is 9.94. The average molecular weight is 278 g/mol. The number of aryl methyl sites for hydroxylation is 2. The first kappa shape index (κ1) is 14.5. The minimum atomic E-state index is -1.28. The van der Waals surface area contributed by atoms with Crippen LogP contribution in [0, 0.1) is 25.5 Å². The molecule has 0 spiro atoms. The van der Waals surface area contributed by atoms with Gasteiger partial charge in [-0.25, -0.2) is 8.78 Å². The number of benzene rings is 2. The van der Waals surface area contributed by atoms with E-state index < -0.39 is 17.7 Å². The van der Waals surface area contributed by atoms with Gasteiger partial charge in [0.25, 0.3) is 0 Å². The zero-order valence-corrected chi connectivity index (χ0v) is 11.6. The van der Waals surface area contributed by atoms with Crippen molar-refractivity contribution < 1.29 is 18.6 Å². The van der Waals surface area contributed by atoms with Crippen molar-refractivity contribution in [3.8, 4) is 5.75 Å². The Hall–Kier alpha value is -1.94. The van der Waals surface area contributed by atoms with Crippen molar-refractivity contribution in [2.24, 2.45) is 0 Å². The lowest BCUT2D eigenvalue weighted by Gasteiger charge is -2.19. The molecule has 2 aromatic rings. The summed E-state index contributed by atoms with van der Waals surface area (Å²) >= 11 is 0. The van der Waals surface area contributed by atoms with E-state index in [0.717, 1.165) is 17.2 Å². The lowest BCUT2D eigenvalue weighted by Crippen LogP contribution is -2.08. The van der Waals surface area contributed by atoms with Gasteiger partial charge in [0.1, 0.15) is 11.9 Å². The molecule has 0 heterocycles. The third-order valence-corrected chi connectivity index (χ3v) is 3.26. The van der Waals surface area contributed by atoms with Gasteiger partial charge in [-0.05, 0) is 37.1 Å². The van der Waals surface area contributed by atoms with Crippen LogP contribution in [0.2, 0.25) is 0 Å². The smallest absolute Gasteiger partial charge is 0.164 e. The third kappa shape index (κ3) is 2.51. The van der Waals surface area contributed by atoms with Crippen molar-refractivity contribution in [3.63, 3.8) is 0 Å². The van der Waals surface area contributed by atoms with Crippen LogP contribution >= 0.6 is 0 Å². The quantitative estimate of drug-likeness (QED) is 0.928. The molecule has 2 rings (SSSR count). The first-order valence-electron chi connectivity index (χ1n) is 6.22.